The van der Waals surface area contributed by atoms with E-state index in [1.54, 1.807) is 0 Å². The summed E-state index contributed by atoms with van der Waals surface area (Å²) >= 11 is 6.07. The lowest BCUT2D eigenvalue weighted by atomic mass is 10.0. The Morgan fingerprint density at radius 1 is 0.941 bits per heavy atom. The van der Waals surface area contributed by atoms with E-state index in [2.05, 4.69) is 48.3 Å². The molecule has 0 atom stereocenters. The summed E-state index contributed by atoms with van der Waals surface area (Å²) < 4.78 is 0. The van der Waals surface area contributed by atoms with E-state index in [1.165, 1.54) is 22.5 Å². The summed E-state index contributed by atoms with van der Waals surface area (Å²) in [5.41, 5.74) is 5.30. The third-order valence-electron chi connectivity index (χ3n) is 3.42. The van der Waals surface area contributed by atoms with Crippen LogP contribution in [0.1, 0.15) is 11.1 Å². The number of anilines is 2. The first-order valence-corrected chi connectivity index (χ1v) is 6.23. The Morgan fingerprint density at radius 2 is 1.65 bits per heavy atom. The summed E-state index contributed by atoms with van der Waals surface area (Å²) in [6.45, 7) is 0. The monoisotopic (exact) mass is 243 g/mol. The molecule has 0 radical (unpaired) electrons. The van der Waals surface area contributed by atoms with Gasteiger partial charge in [0.1, 0.15) is 0 Å². The highest BCUT2D eigenvalue weighted by Gasteiger charge is 2.17. The summed E-state index contributed by atoms with van der Waals surface area (Å²) in [5, 5.41) is 0.822. The maximum absolute atomic E-state index is 6.07. The van der Waals surface area contributed by atoms with Gasteiger partial charge in [0.2, 0.25) is 0 Å². The molecule has 0 bridgehead atoms. The highest BCUT2D eigenvalue weighted by Crippen LogP contribution is 2.35. The molecule has 0 fully saturated rings. The van der Waals surface area contributed by atoms with Crippen molar-refractivity contribution in [1.29, 1.82) is 0 Å². The van der Waals surface area contributed by atoms with Crippen LogP contribution in [-0.4, -0.2) is 7.05 Å². The molecule has 0 N–H and O–H groups in total. The van der Waals surface area contributed by atoms with Gasteiger partial charge in [0.15, 0.2) is 0 Å². The molecule has 17 heavy (non-hydrogen) atoms. The fourth-order valence-electron chi connectivity index (χ4n) is 2.53. The van der Waals surface area contributed by atoms with Crippen LogP contribution in [0.15, 0.2) is 42.5 Å². The Labute approximate surface area is 107 Å². The standard InChI is InChI=1S/C15H14ClN/c1-17-14-5-3-2-4-11(14)6-7-12-10-13(16)8-9-15(12)17/h2-5,8-10H,6-7H2,1H3. The van der Waals surface area contributed by atoms with Crippen LogP contribution in [0, 0.1) is 0 Å². The van der Waals surface area contributed by atoms with Crippen molar-refractivity contribution in [2.24, 2.45) is 0 Å². The number of hydrogen-bond donors (Lipinski definition) is 0. The zero-order valence-corrected chi connectivity index (χ0v) is 10.5. The molecule has 1 heterocycles. The fraction of sp³-hybridized carbons (Fsp3) is 0.200. The molecule has 1 aliphatic rings. The third-order valence-corrected chi connectivity index (χ3v) is 3.65. The second-order valence-electron chi connectivity index (χ2n) is 4.46. The summed E-state index contributed by atoms with van der Waals surface area (Å²) in [6.07, 6.45) is 2.13. The number of para-hydroxylation sites is 1. The predicted molar refractivity (Wildman–Crippen MR) is 73.4 cm³/mol. The van der Waals surface area contributed by atoms with E-state index in [0.717, 1.165) is 17.9 Å². The van der Waals surface area contributed by atoms with E-state index in [1.807, 2.05) is 6.07 Å². The Morgan fingerprint density at radius 3 is 2.53 bits per heavy atom. The summed E-state index contributed by atoms with van der Waals surface area (Å²) in [7, 11) is 2.12. The van der Waals surface area contributed by atoms with Crippen molar-refractivity contribution in [3.05, 3.63) is 58.6 Å². The van der Waals surface area contributed by atoms with Gasteiger partial charge in [-0.15, -0.1) is 0 Å². The van der Waals surface area contributed by atoms with E-state index >= 15 is 0 Å². The minimum Gasteiger partial charge on any atom is -0.344 e. The van der Waals surface area contributed by atoms with Gasteiger partial charge in [0.25, 0.3) is 0 Å². The fourth-order valence-corrected chi connectivity index (χ4v) is 2.72. The average Bonchev–Trinajstić information content (AvgIpc) is 2.48. The first-order valence-electron chi connectivity index (χ1n) is 5.86. The van der Waals surface area contributed by atoms with Crippen LogP contribution >= 0.6 is 11.6 Å². The number of nitrogens with zero attached hydrogens (tertiary/aromatic N) is 1. The summed E-state index contributed by atoms with van der Waals surface area (Å²) in [6, 6.07) is 14.7. The Bertz CT molecular complexity index is 563. The van der Waals surface area contributed by atoms with Crippen LogP contribution in [0.25, 0.3) is 0 Å². The Hall–Kier alpha value is -1.47. The smallest absolute Gasteiger partial charge is 0.0441 e. The molecule has 0 saturated heterocycles. The summed E-state index contributed by atoms with van der Waals surface area (Å²) in [4.78, 5) is 2.26. The number of rotatable bonds is 0. The molecule has 1 aliphatic heterocycles. The van der Waals surface area contributed by atoms with Gasteiger partial charge >= 0.3 is 0 Å². The quantitative estimate of drug-likeness (QED) is 0.670. The zero-order chi connectivity index (χ0) is 11.8. The van der Waals surface area contributed by atoms with Crippen molar-refractivity contribution in [2.75, 3.05) is 11.9 Å². The Kier molecular flexibility index (Phi) is 2.56. The summed E-state index contributed by atoms with van der Waals surface area (Å²) in [5.74, 6) is 0. The first-order chi connectivity index (χ1) is 8.25. The van der Waals surface area contributed by atoms with E-state index < -0.39 is 0 Å². The maximum Gasteiger partial charge on any atom is 0.0441 e. The molecular weight excluding hydrogens is 230 g/mol. The molecule has 3 rings (SSSR count). The molecule has 2 aromatic carbocycles. The predicted octanol–water partition coefficient (Wildman–Crippen LogP) is 4.21. The van der Waals surface area contributed by atoms with Gasteiger partial charge in [-0.2, -0.15) is 0 Å². The van der Waals surface area contributed by atoms with Crippen LogP contribution < -0.4 is 4.90 Å². The minimum atomic E-state index is 0.822. The molecule has 1 nitrogen and oxygen atoms in total. The van der Waals surface area contributed by atoms with E-state index in [-0.39, 0.29) is 0 Å². The molecule has 0 aliphatic carbocycles. The van der Waals surface area contributed by atoms with Gasteiger partial charge in [-0.3, -0.25) is 0 Å². The number of aryl methyl sites for hydroxylation is 2. The highest BCUT2D eigenvalue weighted by atomic mass is 35.5. The van der Waals surface area contributed by atoms with Crippen LogP contribution in [0.5, 0.6) is 0 Å². The van der Waals surface area contributed by atoms with Gasteiger partial charge < -0.3 is 4.90 Å². The zero-order valence-electron chi connectivity index (χ0n) is 9.78. The number of halogens is 1. The second-order valence-corrected chi connectivity index (χ2v) is 4.90. The number of fused-ring (bicyclic) bond motifs is 2. The topological polar surface area (TPSA) is 3.24 Å². The minimum absolute atomic E-state index is 0.822. The molecule has 0 aromatic heterocycles. The largest absolute Gasteiger partial charge is 0.344 e. The SMILES string of the molecule is CN1c2ccccc2CCc2cc(Cl)ccc21. The van der Waals surface area contributed by atoms with Gasteiger partial charge in [-0.25, -0.2) is 0 Å². The van der Waals surface area contributed by atoms with E-state index in [4.69, 9.17) is 11.6 Å². The first kappa shape index (κ1) is 10.7. The van der Waals surface area contributed by atoms with Crippen molar-refractivity contribution in [3.8, 4) is 0 Å². The molecule has 2 aromatic rings. The van der Waals surface area contributed by atoms with Crippen molar-refractivity contribution in [3.63, 3.8) is 0 Å². The van der Waals surface area contributed by atoms with Crippen LogP contribution in [0.3, 0.4) is 0 Å². The molecular formula is C15H14ClN. The molecule has 0 unspecified atom stereocenters. The van der Waals surface area contributed by atoms with Crippen molar-refractivity contribution in [1.82, 2.24) is 0 Å². The number of benzene rings is 2. The second kappa shape index (κ2) is 4.08. The van der Waals surface area contributed by atoms with Crippen molar-refractivity contribution >= 4 is 23.0 Å². The average molecular weight is 244 g/mol. The van der Waals surface area contributed by atoms with Gasteiger partial charge in [-0.1, -0.05) is 29.8 Å². The molecule has 0 amide bonds. The maximum atomic E-state index is 6.07. The lowest BCUT2D eigenvalue weighted by Gasteiger charge is -2.21. The van der Waals surface area contributed by atoms with Crippen LogP contribution in [0.4, 0.5) is 11.4 Å². The number of hydrogen-bond acceptors (Lipinski definition) is 1. The van der Waals surface area contributed by atoms with E-state index in [0.29, 0.717) is 0 Å². The van der Waals surface area contributed by atoms with E-state index in [9.17, 15) is 0 Å². The van der Waals surface area contributed by atoms with Crippen molar-refractivity contribution < 1.29 is 0 Å². The normalized spacial score (nSPS) is 13.9. The Balaban J connectivity index is 2.16. The van der Waals surface area contributed by atoms with Crippen LogP contribution in [-0.2, 0) is 12.8 Å². The third kappa shape index (κ3) is 1.81. The molecule has 86 valence electrons. The highest BCUT2D eigenvalue weighted by molar-refractivity contribution is 6.30. The van der Waals surface area contributed by atoms with Crippen molar-refractivity contribution in [2.45, 2.75) is 12.8 Å². The molecule has 2 heteroatoms. The lowest BCUT2D eigenvalue weighted by molar-refractivity contribution is 0.977. The van der Waals surface area contributed by atoms with Gasteiger partial charge in [0, 0.05) is 23.4 Å². The lowest BCUT2D eigenvalue weighted by Crippen LogP contribution is -2.10. The van der Waals surface area contributed by atoms with Gasteiger partial charge in [-0.05, 0) is 48.2 Å². The van der Waals surface area contributed by atoms with Gasteiger partial charge in [0.05, 0.1) is 0 Å². The molecule has 0 saturated carbocycles. The van der Waals surface area contributed by atoms with Crippen LogP contribution in [0.2, 0.25) is 5.02 Å². The molecule has 0 spiro atoms.